The van der Waals surface area contributed by atoms with Crippen LogP contribution in [-0.2, 0) is 17.6 Å². The Bertz CT molecular complexity index is 662. The zero-order valence-corrected chi connectivity index (χ0v) is 14.9. The van der Waals surface area contributed by atoms with Gasteiger partial charge in [-0.3, -0.25) is 4.79 Å². The molecule has 0 aromatic heterocycles. The molecule has 0 aliphatic heterocycles. The predicted molar refractivity (Wildman–Crippen MR) is 98.6 cm³/mol. The van der Waals surface area contributed by atoms with Crippen molar-refractivity contribution in [1.82, 2.24) is 5.32 Å². The average Bonchev–Trinajstić information content (AvgIpc) is 2.60. The zero-order valence-electron chi connectivity index (χ0n) is 14.9. The van der Waals surface area contributed by atoms with Crippen molar-refractivity contribution >= 4 is 5.91 Å². The lowest BCUT2D eigenvalue weighted by Crippen LogP contribution is -2.28. The first kappa shape index (κ1) is 18.1. The summed E-state index contributed by atoms with van der Waals surface area (Å²) in [6.45, 7) is 7.30. The van der Waals surface area contributed by atoms with Crippen molar-refractivity contribution in [2.24, 2.45) is 0 Å². The van der Waals surface area contributed by atoms with Crippen molar-refractivity contribution < 1.29 is 9.53 Å². The van der Waals surface area contributed by atoms with Gasteiger partial charge in [0.15, 0.2) is 0 Å². The van der Waals surface area contributed by atoms with Crippen molar-refractivity contribution in [3.05, 3.63) is 64.7 Å². The maximum absolute atomic E-state index is 11.9. The number of rotatable bonds is 8. The summed E-state index contributed by atoms with van der Waals surface area (Å²) in [6.07, 6.45) is 2.32. The standard InChI is InChI=1S/C21H27NO2/c1-4-18-6-8-19(9-7-18)10-12-21(23)22-13-14-24-20-11-5-16(2)17(3)15-20/h5-9,11,15H,4,10,12-14H2,1-3H3,(H,22,23). The molecule has 0 bridgehead atoms. The van der Waals surface area contributed by atoms with E-state index in [9.17, 15) is 4.79 Å². The van der Waals surface area contributed by atoms with Gasteiger partial charge in [0.25, 0.3) is 0 Å². The van der Waals surface area contributed by atoms with E-state index in [2.05, 4.69) is 50.4 Å². The number of amides is 1. The van der Waals surface area contributed by atoms with Crippen LogP contribution in [0.25, 0.3) is 0 Å². The molecule has 2 aromatic rings. The SMILES string of the molecule is CCc1ccc(CCC(=O)NCCOc2ccc(C)c(C)c2)cc1. The number of hydrogen-bond donors (Lipinski definition) is 1. The van der Waals surface area contributed by atoms with Gasteiger partial charge in [0.1, 0.15) is 12.4 Å². The van der Waals surface area contributed by atoms with E-state index in [-0.39, 0.29) is 5.91 Å². The normalized spacial score (nSPS) is 10.5. The lowest BCUT2D eigenvalue weighted by Gasteiger charge is -2.09. The molecule has 0 fully saturated rings. The summed E-state index contributed by atoms with van der Waals surface area (Å²) in [5.41, 5.74) is 4.99. The van der Waals surface area contributed by atoms with Gasteiger partial charge < -0.3 is 10.1 Å². The van der Waals surface area contributed by atoms with Gasteiger partial charge in [-0.15, -0.1) is 0 Å². The van der Waals surface area contributed by atoms with E-state index in [0.717, 1.165) is 18.6 Å². The van der Waals surface area contributed by atoms with E-state index in [0.29, 0.717) is 19.6 Å². The second kappa shape index (κ2) is 9.11. The molecule has 0 unspecified atom stereocenters. The number of carbonyl (C=O) groups is 1. The van der Waals surface area contributed by atoms with Crippen molar-refractivity contribution in [2.45, 2.75) is 40.0 Å². The fourth-order valence-electron chi connectivity index (χ4n) is 2.45. The van der Waals surface area contributed by atoms with Crippen molar-refractivity contribution in [1.29, 1.82) is 0 Å². The van der Waals surface area contributed by atoms with Crippen LogP contribution >= 0.6 is 0 Å². The number of benzene rings is 2. The van der Waals surface area contributed by atoms with Gasteiger partial charge in [-0.2, -0.15) is 0 Å². The maximum atomic E-state index is 11.9. The van der Waals surface area contributed by atoms with E-state index in [1.807, 2.05) is 18.2 Å². The third-order valence-corrected chi connectivity index (χ3v) is 4.24. The molecule has 0 saturated heterocycles. The number of hydrogen-bond acceptors (Lipinski definition) is 2. The second-order valence-corrected chi connectivity index (χ2v) is 6.11. The fourth-order valence-corrected chi connectivity index (χ4v) is 2.45. The van der Waals surface area contributed by atoms with Gasteiger partial charge >= 0.3 is 0 Å². The van der Waals surface area contributed by atoms with Crippen LogP contribution in [0.15, 0.2) is 42.5 Å². The summed E-state index contributed by atoms with van der Waals surface area (Å²) in [4.78, 5) is 11.9. The highest BCUT2D eigenvalue weighted by molar-refractivity contribution is 5.76. The fraction of sp³-hybridized carbons (Fsp3) is 0.381. The topological polar surface area (TPSA) is 38.3 Å². The molecule has 2 aromatic carbocycles. The van der Waals surface area contributed by atoms with Crippen molar-refractivity contribution in [2.75, 3.05) is 13.2 Å². The minimum Gasteiger partial charge on any atom is -0.492 e. The first-order chi connectivity index (χ1) is 11.6. The van der Waals surface area contributed by atoms with Gasteiger partial charge in [0.05, 0.1) is 6.54 Å². The third-order valence-electron chi connectivity index (χ3n) is 4.24. The molecule has 1 amide bonds. The van der Waals surface area contributed by atoms with Crippen LogP contribution in [-0.4, -0.2) is 19.1 Å². The van der Waals surface area contributed by atoms with Crippen LogP contribution in [0.4, 0.5) is 0 Å². The molecule has 3 nitrogen and oxygen atoms in total. The molecule has 0 aliphatic rings. The second-order valence-electron chi connectivity index (χ2n) is 6.11. The number of ether oxygens (including phenoxy) is 1. The van der Waals surface area contributed by atoms with Crippen LogP contribution in [0.3, 0.4) is 0 Å². The van der Waals surface area contributed by atoms with Crippen LogP contribution in [0.2, 0.25) is 0 Å². The van der Waals surface area contributed by atoms with E-state index in [1.165, 1.54) is 22.3 Å². The molecular formula is C21H27NO2. The van der Waals surface area contributed by atoms with Gasteiger partial charge in [-0.05, 0) is 61.1 Å². The van der Waals surface area contributed by atoms with Gasteiger partial charge in [-0.1, -0.05) is 37.3 Å². The molecule has 0 spiro atoms. The predicted octanol–water partition coefficient (Wildman–Crippen LogP) is 3.99. The van der Waals surface area contributed by atoms with E-state index < -0.39 is 0 Å². The van der Waals surface area contributed by atoms with Gasteiger partial charge in [0.2, 0.25) is 5.91 Å². The lowest BCUT2D eigenvalue weighted by molar-refractivity contribution is -0.121. The van der Waals surface area contributed by atoms with E-state index in [1.54, 1.807) is 0 Å². The molecule has 24 heavy (non-hydrogen) atoms. The molecule has 0 atom stereocenters. The Morgan fingerprint density at radius 1 is 1.00 bits per heavy atom. The van der Waals surface area contributed by atoms with Crippen LogP contribution < -0.4 is 10.1 Å². The molecular weight excluding hydrogens is 298 g/mol. The molecule has 1 N–H and O–H groups in total. The highest BCUT2D eigenvalue weighted by Gasteiger charge is 2.03. The van der Waals surface area contributed by atoms with E-state index >= 15 is 0 Å². The minimum absolute atomic E-state index is 0.0678. The number of nitrogens with one attached hydrogen (secondary N) is 1. The Hall–Kier alpha value is -2.29. The van der Waals surface area contributed by atoms with Crippen LogP contribution in [0.5, 0.6) is 5.75 Å². The van der Waals surface area contributed by atoms with Gasteiger partial charge in [-0.25, -0.2) is 0 Å². The number of carbonyl (C=O) groups excluding carboxylic acids is 1. The van der Waals surface area contributed by atoms with E-state index in [4.69, 9.17) is 4.74 Å². The zero-order chi connectivity index (χ0) is 17.4. The van der Waals surface area contributed by atoms with Crippen LogP contribution in [0, 0.1) is 13.8 Å². The Kier molecular flexibility index (Phi) is 6.86. The Balaban J connectivity index is 1.64. The monoisotopic (exact) mass is 325 g/mol. The minimum atomic E-state index is 0.0678. The summed E-state index contributed by atoms with van der Waals surface area (Å²) in [7, 11) is 0. The molecule has 2 rings (SSSR count). The molecule has 0 saturated carbocycles. The maximum Gasteiger partial charge on any atom is 0.220 e. The van der Waals surface area contributed by atoms with Gasteiger partial charge in [0, 0.05) is 6.42 Å². The summed E-state index contributed by atoms with van der Waals surface area (Å²) in [5.74, 6) is 0.918. The first-order valence-electron chi connectivity index (χ1n) is 8.63. The smallest absolute Gasteiger partial charge is 0.220 e. The largest absolute Gasteiger partial charge is 0.492 e. The summed E-state index contributed by atoms with van der Waals surface area (Å²) >= 11 is 0. The lowest BCUT2D eigenvalue weighted by atomic mass is 10.1. The van der Waals surface area contributed by atoms with Crippen molar-refractivity contribution in [3.8, 4) is 5.75 Å². The molecule has 0 radical (unpaired) electrons. The average molecular weight is 325 g/mol. The Labute approximate surface area is 145 Å². The Morgan fingerprint density at radius 3 is 2.38 bits per heavy atom. The number of aryl methyl sites for hydroxylation is 4. The molecule has 128 valence electrons. The molecule has 0 aliphatic carbocycles. The summed E-state index contributed by atoms with van der Waals surface area (Å²) in [5, 5.41) is 2.91. The Morgan fingerprint density at radius 2 is 1.71 bits per heavy atom. The highest BCUT2D eigenvalue weighted by Crippen LogP contribution is 2.16. The summed E-state index contributed by atoms with van der Waals surface area (Å²) < 4.78 is 5.67. The van der Waals surface area contributed by atoms with Crippen LogP contribution in [0.1, 0.15) is 35.6 Å². The first-order valence-corrected chi connectivity index (χ1v) is 8.63. The summed E-state index contributed by atoms with van der Waals surface area (Å²) in [6, 6.07) is 14.5. The van der Waals surface area contributed by atoms with Crippen molar-refractivity contribution in [3.63, 3.8) is 0 Å². The molecule has 3 heteroatoms. The third kappa shape index (κ3) is 5.73. The quantitative estimate of drug-likeness (QED) is 0.745. The highest BCUT2D eigenvalue weighted by atomic mass is 16.5. The molecule has 0 heterocycles.